The summed E-state index contributed by atoms with van der Waals surface area (Å²) in [5.41, 5.74) is 0.269. The average Bonchev–Trinajstić information content (AvgIpc) is 2.79. The fourth-order valence-electron chi connectivity index (χ4n) is 3.33. The van der Waals surface area contributed by atoms with Crippen LogP contribution in [0.15, 0.2) is 52.3 Å². The molecule has 0 spiro atoms. The van der Waals surface area contributed by atoms with Crippen LogP contribution in [0.4, 0.5) is 5.69 Å². The first-order valence-electron chi connectivity index (χ1n) is 10.2. The Morgan fingerprint density at radius 3 is 2.24 bits per heavy atom. The lowest BCUT2D eigenvalue weighted by Crippen LogP contribution is -2.47. The molecule has 12 heteroatoms. The first-order valence-corrected chi connectivity index (χ1v) is 13.1. The summed E-state index contributed by atoms with van der Waals surface area (Å²) in [6, 6.07) is 9.89. The summed E-state index contributed by atoms with van der Waals surface area (Å²) in [5, 5.41) is 2.63. The van der Waals surface area contributed by atoms with Crippen LogP contribution in [0.25, 0.3) is 0 Å². The molecule has 180 valence electrons. The Kier molecular flexibility index (Phi) is 7.44. The Morgan fingerprint density at radius 2 is 1.64 bits per heavy atom. The van der Waals surface area contributed by atoms with E-state index in [4.69, 9.17) is 4.74 Å². The van der Waals surface area contributed by atoms with Crippen molar-refractivity contribution in [1.29, 1.82) is 0 Å². The minimum atomic E-state index is -3.75. The van der Waals surface area contributed by atoms with Crippen LogP contribution in [0.1, 0.15) is 10.4 Å². The van der Waals surface area contributed by atoms with Crippen molar-refractivity contribution >= 4 is 31.6 Å². The summed E-state index contributed by atoms with van der Waals surface area (Å²) in [7, 11) is -1.33. The van der Waals surface area contributed by atoms with Crippen molar-refractivity contribution in [3.63, 3.8) is 0 Å². The number of carbonyl (C=O) groups excluding carboxylic acids is 1. The summed E-state index contributed by atoms with van der Waals surface area (Å²) < 4.78 is 58.7. The van der Waals surface area contributed by atoms with Gasteiger partial charge in [0.15, 0.2) is 0 Å². The highest BCUT2D eigenvalue weighted by Crippen LogP contribution is 2.29. The maximum Gasteiger partial charge on any atom is 0.255 e. The van der Waals surface area contributed by atoms with Crippen LogP contribution in [0, 0.1) is 0 Å². The molecule has 33 heavy (non-hydrogen) atoms. The topological polar surface area (TPSA) is 116 Å². The number of nitrogens with zero attached hydrogens (tertiary/aromatic N) is 3. The molecule has 0 radical (unpaired) electrons. The van der Waals surface area contributed by atoms with Gasteiger partial charge < -0.3 is 15.0 Å². The SMILES string of the molecule is COc1ccc(S(=O)(=O)N(C)C)cc1NC(=O)c1cccc(S(=O)(=O)N2CCN(C)CC2)c1. The van der Waals surface area contributed by atoms with Crippen molar-refractivity contribution in [3.8, 4) is 5.75 Å². The van der Waals surface area contributed by atoms with E-state index in [1.165, 1.54) is 68.0 Å². The van der Waals surface area contributed by atoms with E-state index in [1.807, 2.05) is 11.9 Å². The van der Waals surface area contributed by atoms with E-state index >= 15 is 0 Å². The number of methoxy groups -OCH3 is 1. The summed E-state index contributed by atoms with van der Waals surface area (Å²) in [4.78, 5) is 15.0. The highest BCUT2D eigenvalue weighted by atomic mass is 32.2. The lowest BCUT2D eigenvalue weighted by Gasteiger charge is -2.31. The second-order valence-corrected chi connectivity index (χ2v) is 11.9. The maximum atomic E-state index is 13.0. The van der Waals surface area contributed by atoms with E-state index in [2.05, 4.69) is 5.32 Å². The molecular formula is C21H28N4O6S2. The minimum Gasteiger partial charge on any atom is -0.495 e. The molecule has 0 atom stereocenters. The van der Waals surface area contributed by atoms with E-state index < -0.39 is 26.0 Å². The molecule has 3 rings (SSSR count). The van der Waals surface area contributed by atoms with Gasteiger partial charge in [0.2, 0.25) is 20.0 Å². The highest BCUT2D eigenvalue weighted by Gasteiger charge is 2.28. The van der Waals surface area contributed by atoms with E-state index in [0.717, 1.165) is 4.31 Å². The number of sulfonamides is 2. The maximum absolute atomic E-state index is 13.0. The average molecular weight is 497 g/mol. The quantitative estimate of drug-likeness (QED) is 0.611. The van der Waals surface area contributed by atoms with Crippen LogP contribution in [0.5, 0.6) is 5.75 Å². The first kappa shape index (κ1) is 25.1. The van der Waals surface area contributed by atoms with E-state index in [0.29, 0.717) is 26.2 Å². The van der Waals surface area contributed by atoms with Gasteiger partial charge in [-0.25, -0.2) is 21.1 Å². The van der Waals surface area contributed by atoms with Gasteiger partial charge >= 0.3 is 0 Å². The monoisotopic (exact) mass is 496 g/mol. The number of nitrogens with one attached hydrogen (secondary N) is 1. The predicted octanol–water partition coefficient (Wildman–Crippen LogP) is 1.13. The molecule has 0 bridgehead atoms. The van der Waals surface area contributed by atoms with E-state index in [1.54, 1.807) is 0 Å². The predicted molar refractivity (Wildman–Crippen MR) is 125 cm³/mol. The zero-order chi connectivity index (χ0) is 24.4. The van der Waals surface area contributed by atoms with Crippen LogP contribution in [0.3, 0.4) is 0 Å². The summed E-state index contributed by atoms with van der Waals surface area (Å²) in [5.74, 6) is -0.328. The van der Waals surface area contributed by atoms with Gasteiger partial charge in [0.25, 0.3) is 5.91 Å². The number of likely N-dealkylation sites (N-methyl/N-ethyl adjacent to an activating group) is 1. The van der Waals surface area contributed by atoms with Crippen molar-refractivity contribution in [2.75, 3.05) is 59.7 Å². The number of ether oxygens (including phenoxy) is 1. The van der Waals surface area contributed by atoms with Crippen LogP contribution in [-0.4, -0.2) is 90.7 Å². The first-order chi connectivity index (χ1) is 15.5. The van der Waals surface area contributed by atoms with Gasteiger partial charge in [-0.15, -0.1) is 0 Å². The number of hydrogen-bond donors (Lipinski definition) is 1. The van der Waals surface area contributed by atoms with Crippen molar-refractivity contribution in [2.45, 2.75) is 9.79 Å². The third-order valence-electron chi connectivity index (χ3n) is 5.39. The smallest absolute Gasteiger partial charge is 0.255 e. The van der Waals surface area contributed by atoms with Gasteiger partial charge in [-0.05, 0) is 43.4 Å². The van der Waals surface area contributed by atoms with E-state index in [-0.39, 0.29) is 26.8 Å². The molecule has 1 heterocycles. The fourth-order valence-corrected chi connectivity index (χ4v) is 5.72. The number of benzene rings is 2. The van der Waals surface area contributed by atoms with Gasteiger partial charge in [-0.1, -0.05) is 6.07 Å². The van der Waals surface area contributed by atoms with E-state index in [9.17, 15) is 21.6 Å². The molecule has 10 nitrogen and oxygen atoms in total. The van der Waals surface area contributed by atoms with Gasteiger partial charge in [0.05, 0.1) is 22.6 Å². The largest absolute Gasteiger partial charge is 0.495 e. The van der Waals surface area contributed by atoms with Crippen LogP contribution < -0.4 is 10.1 Å². The zero-order valence-corrected chi connectivity index (χ0v) is 20.6. The number of carbonyl (C=O) groups is 1. The normalized spacial score (nSPS) is 16.0. The van der Waals surface area contributed by atoms with Gasteiger partial charge in [0.1, 0.15) is 5.75 Å². The molecule has 0 aromatic heterocycles. The molecule has 1 fully saturated rings. The standard InChI is InChI=1S/C21H28N4O6S2/c1-23(2)32(27,28)18-8-9-20(31-4)19(15-18)22-21(26)16-6-5-7-17(14-16)33(29,30)25-12-10-24(3)11-13-25/h5-9,14-15H,10-13H2,1-4H3,(H,22,26). The van der Waals surface area contributed by atoms with Crippen molar-refractivity contribution in [2.24, 2.45) is 0 Å². The molecule has 1 aliphatic rings. The Labute approximate surface area is 194 Å². The molecule has 1 N–H and O–H groups in total. The molecule has 2 aromatic rings. The molecule has 0 saturated carbocycles. The van der Waals surface area contributed by atoms with Gasteiger partial charge in [0, 0.05) is 45.8 Å². The summed E-state index contributed by atoms with van der Waals surface area (Å²) >= 11 is 0. The third kappa shape index (κ3) is 5.36. The molecule has 1 amide bonds. The molecular weight excluding hydrogens is 468 g/mol. The molecule has 0 unspecified atom stereocenters. The van der Waals surface area contributed by atoms with Gasteiger partial charge in [-0.2, -0.15) is 4.31 Å². The Hall–Kier alpha value is -2.51. The molecule has 2 aromatic carbocycles. The minimum absolute atomic E-state index is 0.0185. The zero-order valence-electron chi connectivity index (χ0n) is 19.0. The lowest BCUT2D eigenvalue weighted by atomic mass is 10.2. The van der Waals surface area contributed by atoms with Crippen molar-refractivity contribution in [3.05, 3.63) is 48.0 Å². The number of rotatable bonds is 7. The molecule has 0 aliphatic carbocycles. The second kappa shape index (κ2) is 9.77. The lowest BCUT2D eigenvalue weighted by molar-refractivity contribution is 0.102. The van der Waals surface area contributed by atoms with Crippen LogP contribution in [-0.2, 0) is 20.0 Å². The van der Waals surface area contributed by atoms with Crippen LogP contribution in [0.2, 0.25) is 0 Å². The van der Waals surface area contributed by atoms with Crippen molar-refractivity contribution in [1.82, 2.24) is 13.5 Å². The number of anilines is 1. The fraction of sp³-hybridized carbons (Fsp3) is 0.381. The van der Waals surface area contributed by atoms with Crippen molar-refractivity contribution < 1.29 is 26.4 Å². The summed E-state index contributed by atoms with van der Waals surface area (Å²) in [6.07, 6.45) is 0. The Balaban J connectivity index is 1.89. The Morgan fingerprint density at radius 1 is 0.970 bits per heavy atom. The number of piperazine rings is 1. The second-order valence-electron chi connectivity index (χ2n) is 7.84. The molecule has 1 saturated heterocycles. The number of amides is 1. The Bertz CT molecular complexity index is 1240. The highest BCUT2D eigenvalue weighted by molar-refractivity contribution is 7.89. The summed E-state index contributed by atoms with van der Waals surface area (Å²) in [6.45, 7) is 2.01. The van der Waals surface area contributed by atoms with Gasteiger partial charge in [-0.3, -0.25) is 4.79 Å². The third-order valence-corrected chi connectivity index (χ3v) is 9.10. The number of hydrogen-bond acceptors (Lipinski definition) is 7. The van der Waals surface area contributed by atoms with Crippen LogP contribution >= 0.6 is 0 Å². The molecule has 1 aliphatic heterocycles.